The highest BCUT2D eigenvalue weighted by molar-refractivity contribution is 7.89. The van der Waals surface area contributed by atoms with Crippen LogP contribution in [0.25, 0.3) is 0 Å². The van der Waals surface area contributed by atoms with Crippen molar-refractivity contribution in [3.05, 3.63) is 64.2 Å². The Morgan fingerprint density at radius 1 is 1.13 bits per heavy atom. The van der Waals surface area contributed by atoms with Crippen molar-refractivity contribution in [1.82, 2.24) is 9.21 Å². The van der Waals surface area contributed by atoms with Crippen LogP contribution in [0.3, 0.4) is 0 Å². The number of non-ortho nitro benzene ring substituents is 1. The molecule has 30 heavy (non-hydrogen) atoms. The molecule has 0 saturated carbocycles. The van der Waals surface area contributed by atoms with Crippen LogP contribution in [0.2, 0.25) is 0 Å². The first kappa shape index (κ1) is 22.2. The predicted molar refractivity (Wildman–Crippen MR) is 111 cm³/mol. The lowest BCUT2D eigenvalue weighted by Crippen LogP contribution is -2.50. The highest BCUT2D eigenvalue weighted by Crippen LogP contribution is 2.20. The summed E-state index contributed by atoms with van der Waals surface area (Å²) in [5.41, 5.74) is 0.924. The molecule has 0 aromatic heterocycles. The van der Waals surface area contributed by atoms with Gasteiger partial charge in [0.25, 0.3) is 5.69 Å². The summed E-state index contributed by atoms with van der Waals surface area (Å²) in [6, 6.07) is 12.6. The highest BCUT2D eigenvalue weighted by atomic mass is 32.2. The molecule has 1 saturated heterocycles. The van der Waals surface area contributed by atoms with E-state index in [1.165, 1.54) is 22.5 Å². The monoisotopic (exact) mass is 435 g/mol. The van der Waals surface area contributed by atoms with Crippen LogP contribution in [0.4, 0.5) is 5.69 Å². The molecular weight excluding hydrogens is 410 g/mol. The van der Waals surface area contributed by atoms with Gasteiger partial charge in [0, 0.05) is 38.8 Å². The van der Waals surface area contributed by atoms with E-state index in [0.717, 1.165) is 5.56 Å². The number of hydrogen-bond acceptors (Lipinski definition) is 7. The van der Waals surface area contributed by atoms with Gasteiger partial charge in [0.2, 0.25) is 10.0 Å². The molecule has 9 nitrogen and oxygen atoms in total. The molecule has 3 rings (SSSR count). The van der Waals surface area contributed by atoms with Gasteiger partial charge in [0.15, 0.2) is 0 Å². The molecule has 1 N–H and O–H groups in total. The van der Waals surface area contributed by atoms with E-state index in [1.54, 1.807) is 30.3 Å². The van der Waals surface area contributed by atoms with Crippen LogP contribution in [-0.4, -0.2) is 73.1 Å². The molecule has 1 atom stereocenters. The number of aliphatic hydroxyl groups is 1. The predicted octanol–water partition coefficient (Wildman–Crippen LogP) is 1.65. The fourth-order valence-corrected chi connectivity index (χ4v) is 4.66. The molecular formula is C20H25N3O6S. The van der Waals surface area contributed by atoms with E-state index in [4.69, 9.17) is 4.74 Å². The number of nitro benzene ring substituents is 1. The van der Waals surface area contributed by atoms with Crippen molar-refractivity contribution in [2.24, 2.45) is 0 Å². The lowest BCUT2D eigenvalue weighted by Gasteiger charge is -2.34. The third-order valence-electron chi connectivity index (χ3n) is 4.93. The molecule has 0 bridgehead atoms. The molecule has 0 aliphatic carbocycles. The van der Waals surface area contributed by atoms with Crippen LogP contribution in [0, 0.1) is 17.0 Å². The molecule has 1 heterocycles. The maximum absolute atomic E-state index is 12.8. The Hall–Kier alpha value is -2.53. The zero-order valence-corrected chi connectivity index (χ0v) is 17.5. The second kappa shape index (κ2) is 9.52. The number of nitrogens with zero attached hydrogens (tertiary/aromatic N) is 3. The van der Waals surface area contributed by atoms with Crippen LogP contribution < -0.4 is 4.74 Å². The first-order valence-corrected chi connectivity index (χ1v) is 11.0. The minimum absolute atomic E-state index is 0.0109. The van der Waals surface area contributed by atoms with Crippen molar-refractivity contribution in [3.8, 4) is 5.75 Å². The smallest absolute Gasteiger partial charge is 0.273 e. The summed E-state index contributed by atoms with van der Waals surface area (Å²) in [5, 5.41) is 21.0. The van der Waals surface area contributed by atoms with Gasteiger partial charge in [-0.05, 0) is 25.1 Å². The number of piperazine rings is 1. The van der Waals surface area contributed by atoms with Gasteiger partial charge in [-0.1, -0.05) is 23.8 Å². The van der Waals surface area contributed by atoms with E-state index in [2.05, 4.69) is 0 Å². The Morgan fingerprint density at radius 3 is 2.43 bits per heavy atom. The molecule has 0 spiro atoms. The van der Waals surface area contributed by atoms with Gasteiger partial charge in [-0.15, -0.1) is 0 Å². The molecule has 1 unspecified atom stereocenters. The number of rotatable bonds is 8. The summed E-state index contributed by atoms with van der Waals surface area (Å²) in [6.45, 7) is 3.90. The van der Waals surface area contributed by atoms with E-state index >= 15 is 0 Å². The lowest BCUT2D eigenvalue weighted by atomic mass is 10.2. The Balaban J connectivity index is 1.47. The van der Waals surface area contributed by atoms with Crippen LogP contribution >= 0.6 is 0 Å². The van der Waals surface area contributed by atoms with Gasteiger partial charge in [-0.2, -0.15) is 4.31 Å². The summed E-state index contributed by atoms with van der Waals surface area (Å²) in [6.07, 6.45) is -0.801. The quantitative estimate of drug-likeness (QED) is 0.495. The lowest BCUT2D eigenvalue weighted by molar-refractivity contribution is -0.384. The maximum Gasteiger partial charge on any atom is 0.273 e. The zero-order valence-electron chi connectivity index (χ0n) is 16.7. The van der Waals surface area contributed by atoms with Crippen LogP contribution in [-0.2, 0) is 10.0 Å². The largest absolute Gasteiger partial charge is 0.491 e. The Bertz CT molecular complexity index is 972. The molecule has 10 heteroatoms. The van der Waals surface area contributed by atoms with Crippen LogP contribution in [0.15, 0.2) is 53.4 Å². The number of hydrogen-bond donors (Lipinski definition) is 1. The number of ether oxygens (including phenoxy) is 1. The average Bonchev–Trinajstić information content (AvgIpc) is 2.73. The second-order valence-electron chi connectivity index (χ2n) is 7.24. The van der Waals surface area contributed by atoms with E-state index in [-0.39, 0.29) is 17.2 Å². The maximum atomic E-state index is 12.8. The normalized spacial score (nSPS) is 16.9. The van der Waals surface area contributed by atoms with E-state index in [9.17, 15) is 23.6 Å². The molecule has 1 fully saturated rings. The third-order valence-corrected chi connectivity index (χ3v) is 6.84. The SMILES string of the molecule is Cc1ccc(S(=O)(=O)N2CCN(CC(O)COc3cccc([N+](=O)[O-])c3)CC2)cc1. The standard InChI is InChI=1S/C20H25N3O6S/c1-16-5-7-20(8-6-16)30(27,28)22-11-9-21(10-12-22)14-18(24)15-29-19-4-2-3-17(13-19)23(25)26/h2-8,13,18,24H,9-12,14-15H2,1H3. The first-order valence-electron chi connectivity index (χ1n) is 9.60. The molecule has 1 aliphatic heterocycles. The Labute approximate surface area is 175 Å². The number of sulfonamides is 1. The van der Waals surface area contributed by atoms with E-state index < -0.39 is 21.1 Å². The van der Waals surface area contributed by atoms with Crippen LogP contribution in [0.5, 0.6) is 5.75 Å². The minimum Gasteiger partial charge on any atom is -0.491 e. The fourth-order valence-electron chi connectivity index (χ4n) is 3.24. The molecule has 162 valence electrons. The fraction of sp³-hybridized carbons (Fsp3) is 0.400. The second-order valence-corrected chi connectivity index (χ2v) is 9.17. The van der Waals surface area contributed by atoms with E-state index in [0.29, 0.717) is 38.5 Å². The summed E-state index contributed by atoms with van der Waals surface area (Å²) in [5.74, 6) is 0.317. The van der Waals surface area contributed by atoms with Crippen molar-refractivity contribution >= 4 is 15.7 Å². The van der Waals surface area contributed by atoms with Gasteiger partial charge >= 0.3 is 0 Å². The molecule has 2 aromatic carbocycles. The number of aryl methyl sites for hydroxylation is 1. The topological polar surface area (TPSA) is 113 Å². The number of β-amino-alcohol motifs (C(OH)–C–C–N with tert-alkyl or cyclic N) is 1. The van der Waals surface area contributed by atoms with Crippen LogP contribution in [0.1, 0.15) is 5.56 Å². The minimum atomic E-state index is -3.52. The van der Waals surface area contributed by atoms with E-state index in [1.807, 2.05) is 11.8 Å². The molecule has 0 radical (unpaired) electrons. The third kappa shape index (κ3) is 5.54. The van der Waals surface area contributed by atoms with Gasteiger partial charge < -0.3 is 9.84 Å². The highest BCUT2D eigenvalue weighted by Gasteiger charge is 2.29. The van der Waals surface area contributed by atoms with Gasteiger partial charge in [0.05, 0.1) is 15.9 Å². The van der Waals surface area contributed by atoms with Gasteiger partial charge in [-0.3, -0.25) is 15.0 Å². The van der Waals surface area contributed by atoms with Gasteiger partial charge in [0.1, 0.15) is 18.5 Å². The summed E-state index contributed by atoms with van der Waals surface area (Å²) in [7, 11) is -3.52. The molecule has 0 amide bonds. The average molecular weight is 436 g/mol. The summed E-state index contributed by atoms with van der Waals surface area (Å²) in [4.78, 5) is 12.6. The van der Waals surface area contributed by atoms with Crippen molar-refractivity contribution in [3.63, 3.8) is 0 Å². The van der Waals surface area contributed by atoms with Crippen molar-refractivity contribution in [2.45, 2.75) is 17.9 Å². The number of nitro groups is 1. The summed E-state index contributed by atoms with van der Waals surface area (Å²) < 4.78 is 32.4. The first-order chi connectivity index (χ1) is 14.3. The van der Waals surface area contributed by atoms with Crippen molar-refractivity contribution in [1.29, 1.82) is 0 Å². The Kier molecular flexibility index (Phi) is 7.03. The Morgan fingerprint density at radius 2 is 1.80 bits per heavy atom. The summed E-state index contributed by atoms with van der Waals surface area (Å²) >= 11 is 0. The van der Waals surface area contributed by atoms with Crippen molar-refractivity contribution < 1.29 is 23.2 Å². The van der Waals surface area contributed by atoms with Gasteiger partial charge in [-0.25, -0.2) is 8.42 Å². The molecule has 1 aliphatic rings. The van der Waals surface area contributed by atoms with Crippen molar-refractivity contribution in [2.75, 3.05) is 39.3 Å². The number of benzene rings is 2. The number of aliphatic hydroxyl groups excluding tert-OH is 1. The zero-order chi connectivity index (χ0) is 21.7. The molecule has 2 aromatic rings.